The second-order valence-electron chi connectivity index (χ2n) is 5.79. The summed E-state index contributed by atoms with van der Waals surface area (Å²) in [5.74, 6) is -1.08. The average Bonchev–Trinajstić information content (AvgIpc) is 2.61. The molecule has 0 radical (unpaired) electrons. The van der Waals surface area contributed by atoms with E-state index < -0.39 is 11.6 Å². The van der Waals surface area contributed by atoms with Crippen molar-refractivity contribution in [3.8, 4) is 11.1 Å². The largest absolute Gasteiger partial charge is 0.306 e. The Morgan fingerprint density at radius 2 is 1.58 bits per heavy atom. The molecular weight excluding hydrogens is 304 g/mol. The molecule has 0 fully saturated rings. The molecule has 0 saturated heterocycles. The van der Waals surface area contributed by atoms with E-state index in [2.05, 4.69) is 29.6 Å². The minimum atomic E-state index is -0.558. The first-order valence-electron chi connectivity index (χ1n) is 7.97. The van der Waals surface area contributed by atoms with Gasteiger partial charge >= 0.3 is 0 Å². The van der Waals surface area contributed by atoms with Crippen molar-refractivity contribution in [2.24, 2.45) is 0 Å². The van der Waals surface area contributed by atoms with Crippen LogP contribution in [0.1, 0.15) is 24.1 Å². The van der Waals surface area contributed by atoms with Crippen LogP contribution < -0.4 is 5.32 Å². The molecular formula is C21H19F2N. The molecule has 24 heavy (non-hydrogen) atoms. The molecule has 3 aromatic carbocycles. The summed E-state index contributed by atoms with van der Waals surface area (Å²) in [5.41, 5.74) is 3.90. The number of rotatable bonds is 5. The summed E-state index contributed by atoms with van der Waals surface area (Å²) in [6, 6.07) is 21.8. The summed E-state index contributed by atoms with van der Waals surface area (Å²) < 4.78 is 26.9. The molecule has 1 unspecified atom stereocenters. The molecule has 3 heteroatoms. The summed E-state index contributed by atoms with van der Waals surface area (Å²) in [6.07, 6.45) is 0. The van der Waals surface area contributed by atoms with Gasteiger partial charge in [0.05, 0.1) is 0 Å². The monoisotopic (exact) mass is 323 g/mol. The predicted octanol–water partition coefficient (Wildman–Crippen LogP) is 5.48. The fourth-order valence-corrected chi connectivity index (χ4v) is 2.80. The van der Waals surface area contributed by atoms with Crippen molar-refractivity contribution in [2.75, 3.05) is 0 Å². The molecule has 1 N–H and O–H groups in total. The third kappa shape index (κ3) is 3.69. The Labute approximate surface area is 141 Å². The lowest BCUT2D eigenvalue weighted by Gasteiger charge is -2.17. The lowest BCUT2D eigenvalue weighted by atomic mass is 9.99. The average molecular weight is 323 g/mol. The van der Waals surface area contributed by atoms with Crippen LogP contribution >= 0.6 is 0 Å². The highest BCUT2D eigenvalue weighted by Crippen LogP contribution is 2.24. The lowest BCUT2D eigenvalue weighted by Crippen LogP contribution is -2.19. The van der Waals surface area contributed by atoms with Crippen molar-refractivity contribution in [1.29, 1.82) is 0 Å². The maximum atomic E-state index is 13.9. The van der Waals surface area contributed by atoms with E-state index in [9.17, 15) is 8.78 Å². The number of nitrogens with one attached hydrogen (secondary N) is 1. The Kier molecular flexibility index (Phi) is 5.02. The van der Waals surface area contributed by atoms with Crippen molar-refractivity contribution in [1.82, 2.24) is 5.32 Å². The molecule has 0 aliphatic carbocycles. The molecule has 0 bridgehead atoms. The van der Waals surface area contributed by atoms with E-state index in [4.69, 9.17) is 0 Å². The predicted molar refractivity (Wildman–Crippen MR) is 93.5 cm³/mol. The molecule has 0 spiro atoms. The molecule has 122 valence electrons. The van der Waals surface area contributed by atoms with E-state index in [-0.39, 0.29) is 6.04 Å². The third-order valence-electron chi connectivity index (χ3n) is 4.13. The normalized spacial score (nSPS) is 12.1. The Bertz CT molecular complexity index is 815. The first kappa shape index (κ1) is 16.3. The van der Waals surface area contributed by atoms with Crippen molar-refractivity contribution in [3.05, 3.63) is 95.6 Å². The molecule has 1 atom stereocenters. The van der Waals surface area contributed by atoms with Crippen LogP contribution in [0, 0.1) is 11.6 Å². The zero-order valence-electron chi connectivity index (χ0n) is 13.5. The van der Waals surface area contributed by atoms with Crippen LogP contribution in [0.3, 0.4) is 0 Å². The summed E-state index contributed by atoms with van der Waals surface area (Å²) in [6.45, 7) is 2.48. The van der Waals surface area contributed by atoms with Gasteiger partial charge in [0.25, 0.3) is 0 Å². The molecule has 0 saturated carbocycles. The molecule has 0 aliphatic rings. The van der Waals surface area contributed by atoms with Gasteiger partial charge in [-0.05, 0) is 29.7 Å². The number of benzene rings is 3. The van der Waals surface area contributed by atoms with Crippen LogP contribution in [-0.4, -0.2) is 0 Å². The SMILES string of the molecule is CC(NCc1ccccc1-c1ccccc1)c1ccc(F)cc1F. The first-order chi connectivity index (χ1) is 11.6. The Morgan fingerprint density at radius 3 is 2.33 bits per heavy atom. The van der Waals surface area contributed by atoms with Gasteiger partial charge in [-0.15, -0.1) is 0 Å². The smallest absolute Gasteiger partial charge is 0.130 e. The van der Waals surface area contributed by atoms with Gasteiger partial charge in [0, 0.05) is 24.2 Å². The maximum absolute atomic E-state index is 13.9. The van der Waals surface area contributed by atoms with Crippen molar-refractivity contribution >= 4 is 0 Å². The van der Waals surface area contributed by atoms with Gasteiger partial charge in [0.1, 0.15) is 11.6 Å². The zero-order chi connectivity index (χ0) is 16.9. The first-order valence-corrected chi connectivity index (χ1v) is 7.97. The van der Waals surface area contributed by atoms with E-state index in [0.29, 0.717) is 12.1 Å². The minimum absolute atomic E-state index is 0.213. The molecule has 0 aromatic heterocycles. The van der Waals surface area contributed by atoms with Crippen LogP contribution in [0.2, 0.25) is 0 Å². The third-order valence-corrected chi connectivity index (χ3v) is 4.13. The highest BCUT2D eigenvalue weighted by molar-refractivity contribution is 5.67. The van der Waals surface area contributed by atoms with E-state index in [0.717, 1.165) is 22.8 Å². The standard InChI is InChI=1S/C21H19F2N/c1-15(19-12-11-18(22)13-21(19)23)24-14-17-9-5-6-10-20(17)16-7-3-2-4-8-16/h2-13,15,24H,14H2,1H3. The van der Waals surface area contributed by atoms with E-state index >= 15 is 0 Å². The Balaban J connectivity index is 1.78. The second kappa shape index (κ2) is 7.37. The van der Waals surface area contributed by atoms with Gasteiger partial charge in [-0.2, -0.15) is 0 Å². The molecule has 1 nitrogen and oxygen atoms in total. The minimum Gasteiger partial charge on any atom is -0.306 e. The van der Waals surface area contributed by atoms with Crippen LogP contribution in [0.4, 0.5) is 8.78 Å². The molecule has 0 aliphatic heterocycles. The van der Waals surface area contributed by atoms with E-state index in [1.807, 2.05) is 37.3 Å². The fraction of sp³-hybridized carbons (Fsp3) is 0.143. The van der Waals surface area contributed by atoms with Gasteiger partial charge in [0.15, 0.2) is 0 Å². The lowest BCUT2D eigenvalue weighted by molar-refractivity contribution is 0.518. The van der Waals surface area contributed by atoms with Gasteiger partial charge in [-0.1, -0.05) is 60.7 Å². The summed E-state index contributed by atoms with van der Waals surface area (Å²) in [4.78, 5) is 0. The maximum Gasteiger partial charge on any atom is 0.130 e. The van der Waals surface area contributed by atoms with Crippen molar-refractivity contribution in [3.63, 3.8) is 0 Å². The molecule has 3 aromatic rings. The van der Waals surface area contributed by atoms with Gasteiger partial charge < -0.3 is 5.32 Å². The topological polar surface area (TPSA) is 12.0 Å². The molecule has 0 heterocycles. The van der Waals surface area contributed by atoms with E-state index in [1.54, 1.807) is 0 Å². The summed E-state index contributed by atoms with van der Waals surface area (Å²) in [7, 11) is 0. The fourth-order valence-electron chi connectivity index (χ4n) is 2.80. The van der Waals surface area contributed by atoms with Crippen molar-refractivity contribution < 1.29 is 8.78 Å². The van der Waals surface area contributed by atoms with Crippen LogP contribution in [0.15, 0.2) is 72.8 Å². The number of halogens is 2. The van der Waals surface area contributed by atoms with Gasteiger partial charge in [-0.3, -0.25) is 0 Å². The second-order valence-corrected chi connectivity index (χ2v) is 5.79. The van der Waals surface area contributed by atoms with Crippen LogP contribution in [0.25, 0.3) is 11.1 Å². The van der Waals surface area contributed by atoms with Gasteiger partial charge in [-0.25, -0.2) is 8.78 Å². The molecule has 0 amide bonds. The zero-order valence-corrected chi connectivity index (χ0v) is 13.5. The Hall–Kier alpha value is -2.52. The molecule has 3 rings (SSSR count). The van der Waals surface area contributed by atoms with E-state index in [1.165, 1.54) is 12.1 Å². The summed E-state index contributed by atoms with van der Waals surface area (Å²) >= 11 is 0. The van der Waals surface area contributed by atoms with Crippen molar-refractivity contribution in [2.45, 2.75) is 19.5 Å². The highest BCUT2D eigenvalue weighted by atomic mass is 19.1. The number of hydrogen-bond donors (Lipinski definition) is 1. The van der Waals surface area contributed by atoms with Crippen LogP contribution in [-0.2, 0) is 6.54 Å². The quantitative estimate of drug-likeness (QED) is 0.655. The Morgan fingerprint density at radius 1 is 0.875 bits per heavy atom. The van der Waals surface area contributed by atoms with Gasteiger partial charge in [0.2, 0.25) is 0 Å². The summed E-state index contributed by atoms with van der Waals surface area (Å²) in [5, 5.41) is 3.32. The number of hydrogen-bond acceptors (Lipinski definition) is 1. The van der Waals surface area contributed by atoms with Crippen LogP contribution in [0.5, 0.6) is 0 Å². The highest BCUT2D eigenvalue weighted by Gasteiger charge is 2.12.